The first kappa shape index (κ1) is 26.3. The molecule has 0 radical (unpaired) electrons. The van der Waals surface area contributed by atoms with E-state index in [1.807, 2.05) is 0 Å². The summed E-state index contributed by atoms with van der Waals surface area (Å²) in [7, 11) is -4.09. The summed E-state index contributed by atoms with van der Waals surface area (Å²) in [5.74, 6) is -3.35. The lowest BCUT2D eigenvalue weighted by Crippen LogP contribution is -2.41. The largest absolute Gasteiger partial charge is 0.481 e. The molecule has 38 heavy (non-hydrogen) atoms. The van der Waals surface area contributed by atoms with Crippen molar-refractivity contribution in [2.75, 3.05) is 10.5 Å². The number of anilines is 2. The van der Waals surface area contributed by atoms with Crippen LogP contribution in [0, 0.1) is 0 Å². The second-order valence-electron chi connectivity index (χ2n) is 8.57. The Hall–Kier alpha value is -4.72. The number of aryl methyl sites for hydroxylation is 2. The van der Waals surface area contributed by atoms with Crippen LogP contribution in [0.2, 0.25) is 0 Å². The van der Waals surface area contributed by atoms with Gasteiger partial charge in [0, 0.05) is 17.7 Å². The third-order valence-electron chi connectivity index (χ3n) is 5.95. The number of carboxylic acids is 2. The van der Waals surface area contributed by atoms with Crippen molar-refractivity contribution in [2.45, 2.75) is 36.6 Å². The number of hydrogen-bond donors (Lipinski definition) is 6. The number of rotatable bonds is 9. The topological polar surface area (TPSA) is 222 Å². The summed E-state index contributed by atoms with van der Waals surface area (Å²) >= 11 is 0. The Balaban J connectivity index is 1.52. The molecule has 1 amide bonds. The fourth-order valence-electron chi connectivity index (χ4n) is 4.09. The molecular weight excluding hydrogens is 518 g/mol. The SMILES string of the molecule is Nc1nc2c(c(=O)[nH]1)-c1cc(S(=O)(=O)Nc3ccc(C(=O)N[C@@H](CCC(=O)O)C(=O)O)cc3)ccc1CC2. The number of nitrogen functional groups attached to an aromatic ring is 1. The quantitative estimate of drug-likeness (QED) is 0.225. The molecule has 0 fully saturated rings. The molecule has 3 aromatic rings. The molecule has 14 heteroatoms. The van der Waals surface area contributed by atoms with Gasteiger partial charge in [0.1, 0.15) is 6.04 Å². The standard InChI is InChI=1S/C24H23N5O8S/c25-24-27-17-8-4-12-3-7-15(11-16(12)20(17)22(33)28-24)38(36,37)29-14-5-1-13(2-6-14)21(32)26-18(23(34)35)9-10-19(30)31/h1-3,5-7,11,18,29H,4,8-10H2,(H,26,32)(H,30,31)(H,34,35)(H3,25,27,28,33)/t18-/m0/s1. The Morgan fingerprint density at radius 2 is 1.79 bits per heavy atom. The number of aromatic nitrogens is 2. The van der Waals surface area contributed by atoms with Crippen LogP contribution in [0.15, 0.2) is 52.2 Å². The molecule has 1 aliphatic rings. The summed E-state index contributed by atoms with van der Waals surface area (Å²) in [6.07, 6.45) is 0.322. The number of nitrogens with one attached hydrogen (secondary N) is 3. The summed E-state index contributed by atoms with van der Waals surface area (Å²) < 4.78 is 28.6. The molecule has 0 bridgehead atoms. The molecule has 0 saturated heterocycles. The minimum Gasteiger partial charge on any atom is -0.481 e. The van der Waals surface area contributed by atoms with Gasteiger partial charge in [0.05, 0.1) is 16.2 Å². The van der Waals surface area contributed by atoms with Crippen LogP contribution in [-0.2, 0) is 32.5 Å². The highest BCUT2D eigenvalue weighted by atomic mass is 32.2. The Morgan fingerprint density at radius 3 is 2.45 bits per heavy atom. The number of H-pyrrole nitrogens is 1. The molecule has 0 spiro atoms. The Morgan fingerprint density at radius 1 is 1.08 bits per heavy atom. The van der Waals surface area contributed by atoms with Crippen LogP contribution >= 0.6 is 0 Å². The van der Waals surface area contributed by atoms with Crippen molar-refractivity contribution < 1.29 is 33.0 Å². The van der Waals surface area contributed by atoms with Crippen LogP contribution in [0.3, 0.4) is 0 Å². The van der Waals surface area contributed by atoms with Gasteiger partial charge in [-0.3, -0.25) is 24.1 Å². The van der Waals surface area contributed by atoms with E-state index in [1.54, 1.807) is 6.07 Å². The molecule has 198 valence electrons. The first-order valence-corrected chi connectivity index (χ1v) is 12.8. The van der Waals surface area contributed by atoms with Gasteiger partial charge in [-0.05, 0) is 66.8 Å². The number of benzene rings is 2. The van der Waals surface area contributed by atoms with Crippen LogP contribution in [0.25, 0.3) is 11.1 Å². The third-order valence-corrected chi connectivity index (χ3v) is 7.33. The van der Waals surface area contributed by atoms with Crippen molar-refractivity contribution in [3.63, 3.8) is 0 Å². The maximum Gasteiger partial charge on any atom is 0.326 e. The van der Waals surface area contributed by atoms with E-state index in [1.165, 1.54) is 36.4 Å². The average molecular weight is 542 g/mol. The minimum absolute atomic E-state index is 0.0153. The number of amides is 1. The molecule has 0 unspecified atom stereocenters. The minimum atomic E-state index is -4.09. The highest BCUT2D eigenvalue weighted by Gasteiger charge is 2.25. The van der Waals surface area contributed by atoms with Crippen molar-refractivity contribution in [3.8, 4) is 11.1 Å². The van der Waals surface area contributed by atoms with E-state index in [2.05, 4.69) is 20.0 Å². The highest BCUT2D eigenvalue weighted by Crippen LogP contribution is 2.32. The molecular formula is C24H23N5O8S. The molecule has 0 saturated carbocycles. The van der Waals surface area contributed by atoms with Crippen LogP contribution in [0.4, 0.5) is 11.6 Å². The van der Waals surface area contributed by atoms with E-state index in [0.717, 1.165) is 5.56 Å². The van der Waals surface area contributed by atoms with Crippen LogP contribution in [-0.4, -0.2) is 52.5 Å². The maximum atomic E-state index is 13.1. The summed E-state index contributed by atoms with van der Waals surface area (Å²) in [6, 6.07) is 8.30. The van der Waals surface area contributed by atoms with Crippen molar-refractivity contribution in [1.29, 1.82) is 0 Å². The van der Waals surface area contributed by atoms with Gasteiger partial charge < -0.3 is 21.3 Å². The second-order valence-corrected chi connectivity index (χ2v) is 10.3. The second kappa shape index (κ2) is 10.3. The summed E-state index contributed by atoms with van der Waals surface area (Å²) in [5.41, 5.74) is 7.36. The number of aromatic amines is 1. The fraction of sp³-hybridized carbons (Fsp3) is 0.208. The van der Waals surface area contributed by atoms with Crippen LogP contribution in [0.1, 0.15) is 34.5 Å². The van der Waals surface area contributed by atoms with Crippen molar-refractivity contribution in [3.05, 3.63) is 69.6 Å². The Kier molecular flexibility index (Phi) is 7.17. The lowest BCUT2D eigenvalue weighted by Gasteiger charge is -2.19. The van der Waals surface area contributed by atoms with E-state index < -0.39 is 45.9 Å². The number of nitrogens with two attached hydrogens (primary N) is 1. The van der Waals surface area contributed by atoms with Gasteiger partial charge in [-0.2, -0.15) is 0 Å². The number of carboxylic acid groups (broad SMARTS) is 2. The number of carbonyl (C=O) groups excluding carboxylic acids is 1. The average Bonchev–Trinajstić information content (AvgIpc) is 2.85. The number of carbonyl (C=O) groups is 3. The number of hydrogen-bond acceptors (Lipinski definition) is 8. The molecule has 2 aromatic carbocycles. The van der Waals surface area contributed by atoms with Crippen molar-refractivity contribution >= 4 is 39.5 Å². The van der Waals surface area contributed by atoms with E-state index >= 15 is 0 Å². The molecule has 0 aliphatic heterocycles. The number of sulfonamides is 1. The maximum absolute atomic E-state index is 13.1. The molecule has 1 atom stereocenters. The zero-order chi connectivity index (χ0) is 27.6. The van der Waals surface area contributed by atoms with E-state index in [0.29, 0.717) is 24.1 Å². The molecule has 4 rings (SSSR count). The Labute approximate surface area is 215 Å². The fourth-order valence-corrected chi connectivity index (χ4v) is 5.18. The first-order valence-electron chi connectivity index (χ1n) is 11.3. The molecule has 7 N–H and O–H groups in total. The molecule has 13 nitrogen and oxygen atoms in total. The zero-order valence-electron chi connectivity index (χ0n) is 19.7. The predicted molar refractivity (Wildman–Crippen MR) is 135 cm³/mol. The van der Waals surface area contributed by atoms with Gasteiger partial charge in [0.2, 0.25) is 5.95 Å². The zero-order valence-corrected chi connectivity index (χ0v) is 20.5. The molecule has 1 heterocycles. The highest BCUT2D eigenvalue weighted by molar-refractivity contribution is 7.92. The lowest BCUT2D eigenvalue weighted by atomic mass is 9.89. The van der Waals surface area contributed by atoms with Crippen LogP contribution in [0.5, 0.6) is 0 Å². The smallest absolute Gasteiger partial charge is 0.326 e. The van der Waals surface area contributed by atoms with Crippen LogP contribution < -0.4 is 21.3 Å². The van der Waals surface area contributed by atoms with Gasteiger partial charge in [0.15, 0.2) is 0 Å². The summed E-state index contributed by atoms with van der Waals surface area (Å²) in [6.45, 7) is 0. The van der Waals surface area contributed by atoms with E-state index in [-0.39, 0.29) is 34.1 Å². The van der Waals surface area contributed by atoms with Gasteiger partial charge in [-0.15, -0.1) is 0 Å². The van der Waals surface area contributed by atoms with Gasteiger partial charge in [-0.1, -0.05) is 6.07 Å². The Bertz CT molecular complexity index is 1600. The van der Waals surface area contributed by atoms with Gasteiger partial charge >= 0.3 is 11.9 Å². The first-order chi connectivity index (χ1) is 17.9. The lowest BCUT2D eigenvalue weighted by molar-refractivity contribution is -0.140. The summed E-state index contributed by atoms with van der Waals surface area (Å²) in [4.78, 5) is 53.4. The van der Waals surface area contributed by atoms with Crippen molar-refractivity contribution in [2.24, 2.45) is 0 Å². The normalized spacial score (nSPS) is 13.1. The predicted octanol–water partition coefficient (Wildman–Crippen LogP) is 0.966. The summed E-state index contributed by atoms with van der Waals surface area (Å²) in [5, 5.41) is 20.2. The van der Waals surface area contributed by atoms with E-state index in [4.69, 9.17) is 10.8 Å². The monoisotopic (exact) mass is 541 g/mol. The van der Waals surface area contributed by atoms with Crippen molar-refractivity contribution in [1.82, 2.24) is 15.3 Å². The number of nitrogens with zero attached hydrogens (tertiary/aromatic N) is 1. The molecule has 1 aliphatic carbocycles. The number of fused-ring (bicyclic) bond motifs is 3. The van der Waals surface area contributed by atoms with Gasteiger partial charge in [-0.25, -0.2) is 18.2 Å². The van der Waals surface area contributed by atoms with E-state index in [9.17, 15) is 32.7 Å². The third kappa shape index (κ3) is 5.64. The molecule has 1 aromatic heterocycles. The van der Waals surface area contributed by atoms with Gasteiger partial charge in [0.25, 0.3) is 21.5 Å². The number of aliphatic carboxylic acids is 2.